The molecule has 0 aliphatic heterocycles. The van der Waals surface area contributed by atoms with Crippen molar-refractivity contribution in [3.05, 3.63) is 77.5 Å². The van der Waals surface area contributed by atoms with Gasteiger partial charge in [-0.1, -0.05) is 24.3 Å². The summed E-state index contributed by atoms with van der Waals surface area (Å²) in [5.74, 6) is -0.0712. The lowest BCUT2D eigenvalue weighted by atomic mass is 10.1. The van der Waals surface area contributed by atoms with Crippen molar-refractivity contribution in [3.8, 4) is 5.69 Å². The van der Waals surface area contributed by atoms with Crippen LogP contribution in [0.25, 0.3) is 5.69 Å². The molecule has 128 valence electrons. The third-order valence-electron chi connectivity index (χ3n) is 3.66. The quantitative estimate of drug-likeness (QED) is 0.762. The predicted molar refractivity (Wildman–Crippen MR) is 87.7 cm³/mol. The van der Waals surface area contributed by atoms with E-state index in [9.17, 15) is 18.0 Å². The van der Waals surface area contributed by atoms with Crippen molar-refractivity contribution in [1.29, 1.82) is 0 Å². The summed E-state index contributed by atoms with van der Waals surface area (Å²) in [6.07, 6.45) is -2.94. The fourth-order valence-corrected chi connectivity index (χ4v) is 2.37. The molecule has 0 unspecified atom stereocenters. The summed E-state index contributed by atoms with van der Waals surface area (Å²) in [5.41, 5.74) is 0.825. The number of aromatic nitrogens is 2. The first-order chi connectivity index (χ1) is 11.8. The van der Waals surface area contributed by atoms with E-state index in [0.29, 0.717) is 5.56 Å². The van der Waals surface area contributed by atoms with Gasteiger partial charge in [-0.3, -0.25) is 4.79 Å². The van der Waals surface area contributed by atoms with Crippen LogP contribution in [0.5, 0.6) is 0 Å². The van der Waals surface area contributed by atoms with Crippen LogP contribution in [0.2, 0.25) is 0 Å². The minimum absolute atomic E-state index is 0.255. The van der Waals surface area contributed by atoms with Gasteiger partial charge in [0.15, 0.2) is 5.82 Å². The van der Waals surface area contributed by atoms with E-state index in [4.69, 9.17) is 0 Å². The predicted octanol–water partition coefficient (Wildman–Crippen LogP) is 4.45. The number of anilines is 1. The van der Waals surface area contributed by atoms with Crippen LogP contribution in [0.3, 0.4) is 0 Å². The van der Waals surface area contributed by atoms with Gasteiger partial charge in [-0.2, -0.15) is 18.3 Å². The van der Waals surface area contributed by atoms with Gasteiger partial charge in [0.25, 0.3) is 5.91 Å². The minimum Gasteiger partial charge on any atom is -0.305 e. The lowest BCUT2D eigenvalue weighted by Gasteiger charge is -2.08. The highest BCUT2D eigenvalue weighted by atomic mass is 19.4. The van der Waals surface area contributed by atoms with Crippen molar-refractivity contribution in [2.75, 3.05) is 5.32 Å². The number of nitrogens with one attached hydrogen (secondary N) is 1. The molecular formula is C18H14F3N3O. The number of rotatable bonds is 3. The monoisotopic (exact) mass is 345 g/mol. The molecule has 1 heterocycles. The number of hydrogen-bond donors (Lipinski definition) is 1. The molecule has 0 aliphatic carbocycles. The van der Waals surface area contributed by atoms with Crippen molar-refractivity contribution in [2.24, 2.45) is 0 Å². The van der Waals surface area contributed by atoms with Gasteiger partial charge >= 0.3 is 6.18 Å². The number of halogens is 3. The van der Waals surface area contributed by atoms with E-state index in [2.05, 4.69) is 10.4 Å². The van der Waals surface area contributed by atoms with E-state index in [0.717, 1.165) is 17.7 Å². The Balaban J connectivity index is 1.82. The zero-order valence-electron chi connectivity index (χ0n) is 13.2. The summed E-state index contributed by atoms with van der Waals surface area (Å²) in [7, 11) is 0. The third kappa shape index (κ3) is 3.71. The molecule has 7 heteroatoms. The van der Waals surface area contributed by atoms with Crippen LogP contribution in [0.15, 0.2) is 60.8 Å². The Hall–Kier alpha value is -3.09. The topological polar surface area (TPSA) is 46.9 Å². The standard InChI is InChI=1S/C18H14F3N3O/c1-12-5-2-3-8-15(12)17(25)22-16-9-10-24(23-16)14-7-4-6-13(11-14)18(19,20)21/h2-11H,1H3,(H,22,23,25). The molecule has 3 aromatic rings. The second-order valence-corrected chi connectivity index (χ2v) is 5.46. The van der Waals surface area contributed by atoms with Crippen LogP contribution >= 0.6 is 0 Å². The zero-order valence-corrected chi connectivity index (χ0v) is 13.2. The second-order valence-electron chi connectivity index (χ2n) is 5.46. The Labute approximate surface area is 141 Å². The Morgan fingerprint density at radius 2 is 1.84 bits per heavy atom. The van der Waals surface area contributed by atoms with E-state index in [-0.39, 0.29) is 17.4 Å². The zero-order chi connectivity index (χ0) is 18.0. The molecule has 0 spiro atoms. The molecule has 0 bridgehead atoms. The molecule has 0 saturated heterocycles. The molecule has 1 aromatic heterocycles. The van der Waals surface area contributed by atoms with E-state index in [1.807, 2.05) is 19.1 Å². The van der Waals surface area contributed by atoms with E-state index in [1.54, 1.807) is 12.1 Å². The van der Waals surface area contributed by atoms with E-state index < -0.39 is 11.7 Å². The molecule has 0 radical (unpaired) electrons. The summed E-state index contributed by atoms with van der Waals surface area (Å²) < 4.78 is 39.7. The molecule has 0 atom stereocenters. The first-order valence-electron chi connectivity index (χ1n) is 7.45. The van der Waals surface area contributed by atoms with E-state index >= 15 is 0 Å². The lowest BCUT2D eigenvalue weighted by Crippen LogP contribution is -2.14. The number of aryl methyl sites for hydroxylation is 1. The number of carbonyl (C=O) groups is 1. The maximum Gasteiger partial charge on any atom is 0.416 e. The van der Waals surface area contributed by atoms with Crippen LogP contribution in [0.1, 0.15) is 21.5 Å². The molecule has 1 amide bonds. The van der Waals surface area contributed by atoms with Gasteiger partial charge < -0.3 is 5.32 Å². The van der Waals surface area contributed by atoms with Crippen molar-refractivity contribution in [1.82, 2.24) is 9.78 Å². The van der Waals surface area contributed by atoms with Crippen molar-refractivity contribution < 1.29 is 18.0 Å². The maximum atomic E-state index is 12.8. The number of benzene rings is 2. The number of alkyl halides is 3. The average molecular weight is 345 g/mol. The SMILES string of the molecule is Cc1ccccc1C(=O)Nc1ccn(-c2cccc(C(F)(F)F)c2)n1. The molecule has 2 aromatic carbocycles. The van der Waals surface area contributed by atoms with Crippen LogP contribution in [0, 0.1) is 6.92 Å². The minimum atomic E-state index is -4.43. The summed E-state index contributed by atoms with van der Waals surface area (Å²) >= 11 is 0. The Morgan fingerprint density at radius 3 is 2.56 bits per heavy atom. The number of amides is 1. The molecule has 0 aliphatic rings. The Bertz CT molecular complexity index is 916. The first-order valence-corrected chi connectivity index (χ1v) is 7.45. The fraction of sp³-hybridized carbons (Fsp3) is 0.111. The largest absolute Gasteiger partial charge is 0.416 e. The molecule has 0 fully saturated rings. The van der Waals surface area contributed by atoms with Gasteiger partial charge in [0, 0.05) is 17.8 Å². The molecule has 1 N–H and O–H groups in total. The highest BCUT2D eigenvalue weighted by Gasteiger charge is 2.30. The first kappa shape index (κ1) is 16.8. The molecule has 0 saturated carbocycles. The van der Waals surface area contributed by atoms with Crippen molar-refractivity contribution in [3.63, 3.8) is 0 Å². The Morgan fingerprint density at radius 1 is 1.08 bits per heavy atom. The van der Waals surface area contributed by atoms with Gasteiger partial charge in [-0.25, -0.2) is 4.68 Å². The van der Waals surface area contributed by atoms with Crippen LogP contribution in [-0.2, 0) is 6.18 Å². The van der Waals surface area contributed by atoms with Gasteiger partial charge in [0.2, 0.25) is 0 Å². The van der Waals surface area contributed by atoms with Crippen molar-refractivity contribution >= 4 is 11.7 Å². The third-order valence-corrected chi connectivity index (χ3v) is 3.66. The summed E-state index contributed by atoms with van der Waals surface area (Å²) in [6.45, 7) is 1.82. The number of hydrogen-bond acceptors (Lipinski definition) is 2. The average Bonchev–Trinajstić information content (AvgIpc) is 3.03. The van der Waals surface area contributed by atoms with Crippen LogP contribution < -0.4 is 5.32 Å². The molecule has 25 heavy (non-hydrogen) atoms. The normalized spacial score (nSPS) is 11.4. The fourth-order valence-electron chi connectivity index (χ4n) is 2.37. The van der Waals surface area contributed by atoms with Gasteiger partial charge in [0.05, 0.1) is 11.3 Å². The van der Waals surface area contributed by atoms with E-state index in [1.165, 1.54) is 29.1 Å². The molecular weight excluding hydrogens is 331 g/mol. The van der Waals surface area contributed by atoms with Crippen LogP contribution in [-0.4, -0.2) is 15.7 Å². The summed E-state index contributed by atoms with van der Waals surface area (Å²) in [4.78, 5) is 12.3. The highest BCUT2D eigenvalue weighted by Crippen LogP contribution is 2.30. The van der Waals surface area contributed by atoms with Gasteiger partial charge in [-0.05, 0) is 36.8 Å². The number of carbonyl (C=O) groups excluding carboxylic acids is 1. The Kier molecular flexibility index (Phi) is 4.31. The van der Waals surface area contributed by atoms with Crippen LogP contribution in [0.4, 0.5) is 19.0 Å². The second kappa shape index (κ2) is 6.43. The molecule has 4 nitrogen and oxygen atoms in total. The van der Waals surface area contributed by atoms with Gasteiger partial charge in [0.1, 0.15) is 0 Å². The lowest BCUT2D eigenvalue weighted by molar-refractivity contribution is -0.137. The highest BCUT2D eigenvalue weighted by molar-refractivity contribution is 6.04. The molecule has 3 rings (SSSR count). The van der Waals surface area contributed by atoms with Gasteiger partial charge in [-0.15, -0.1) is 0 Å². The number of nitrogens with zero attached hydrogens (tertiary/aromatic N) is 2. The summed E-state index contributed by atoms with van der Waals surface area (Å²) in [5, 5.41) is 6.76. The maximum absolute atomic E-state index is 12.8. The summed E-state index contributed by atoms with van der Waals surface area (Å²) in [6, 6.07) is 13.4. The smallest absolute Gasteiger partial charge is 0.305 e. The van der Waals surface area contributed by atoms with Crippen molar-refractivity contribution in [2.45, 2.75) is 13.1 Å².